The topological polar surface area (TPSA) is 32.7 Å². The van der Waals surface area contributed by atoms with Crippen LogP contribution in [0.4, 0.5) is 0 Å². The number of phenols is 1. The Morgan fingerprint density at radius 2 is 2.22 bits per heavy atom. The molecule has 0 aliphatic carbocycles. The van der Waals surface area contributed by atoms with Gasteiger partial charge in [-0.2, -0.15) is 0 Å². The average Bonchev–Trinajstić information content (AvgIpc) is 2.94. The number of benzene rings is 1. The zero-order valence-corrected chi connectivity index (χ0v) is 14.7. The Kier molecular flexibility index (Phi) is 4.00. The van der Waals surface area contributed by atoms with Crippen molar-refractivity contribution in [3.05, 3.63) is 44.6 Å². The largest absolute Gasteiger partial charge is 0.504 e. The molecule has 2 aliphatic rings. The van der Waals surface area contributed by atoms with E-state index in [9.17, 15) is 5.11 Å². The van der Waals surface area contributed by atoms with E-state index in [0.29, 0.717) is 17.7 Å². The van der Waals surface area contributed by atoms with Gasteiger partial charge in [-0.3, -0.25) is 4.90 Å². The molecule has 23 heavy (non-hydrogen) atoms. The first-order valence-electron chi connectivity index (χ1n) is 8.00. The number of fused-ring (bicyclic) bond motifs is 4. The third kappa shape index (κ3) is 2.63. The first-order chi connectivity index (χ1) is 11.2. The molecule has 3 heterocycles. The Labute approximate surface area is 145 Å². The molecule has 0 unspecified atom stereocenters. The molecule has 0 bridgehead atoms. The molecular weight excluding hydrogens is 330 g/mol. The number of nitrogens with zero attached hydrogens (tertiary/aromatic N) is 1. The average molecular weight is 350 g/mol. The smallest absolute Gasteiger partial charge is 0.160 e. The zero-order valence-electron chi connectivity index (χ0n) is 13.1. The van der Waals surface area contributed by atoms with Gasteiger partial charge in [0.1, 0.15) is 0 Å². The van der Waals surface area contributed by atoms with Crippen molar-refractivity contribution in [3.63, 3.8) is 0 Å². The Bertz CT molecular complexity index is 743. The van der Waals surface area contributed by atoms with Crippen LogP contribution in [0, 0.1) is 0 Å². The van der Waals surface area contributed by atoms with Crippen molar-refractivity contribution in [1.82, 2.24) is 4.90 Å². The number of phenolic OH excluding ortho intramolecular Hbond substituents is 1. The Morgan fingerprint density at radius 3 is 3.00 bits per heavy atom. The second-order valence-corrected chi connectivity index (χ2v) is 7.86. The zero-order chi connectivity index (χ0) is 16.0. The number of rotatable bonds is 3. The van der Waals surface area contributed by atoms with Gasteiger partial charge in [0, 0.05) is 41.2 Å². The number of hydrogen-bond acceptors (Lipinski definition) is 4. The van der Waals surface area contributed by atoms with Crippen LogP contribution in [-0.2, 0) is 25.8 Å². The highest BCUT2D eigenvalue weighted by Gasteiger charge is 2.33. The molecule has 0 radical (unpaired) electrons. The van der Waals surface area contributed by atoms with Crippen molar-refractivity contribution in [2.45, 2.75) is 31.8 Å². The molecule has 0 amide bonds. The summed E-state index contributed by atoms with van der Waals surface area (Å²) < 4.78 is 5.26. The Hall–Kier alpha value is -1.23. The van der Waals surface area contributed by atoms with Crippen LogP contribution in [0.2, 0.25) is 0 Å². The molecule has 0 spiro atoms. The summed E-state index contributed by atoms with van der Waals surface area (Å²) in [5.41, 5.74) is 4.03. The van der Waals surface area contributed by atoms with Crippen molar-refractivity contribution in [2.24, 2.45) is 0 Å². The normalized spacial score (nSPS) is 19.8. The second-order valence-electron chi connectivity index (χ2n) is 6.26. The molecular formula is C18H20ClNO2S. The van der Waals surface area contributed by atoms with Crippen molar-refractivity contribution in [1.29, 1.82) is 0 Å². The number of alkyl halides is 1. The van der Waals surface area contributed by atoms with E-state index >= 15 is 0 Å². The van der Waals surface area contributed by atoms with E-state index in [0.717, 1.165) is 32.4 Å². The number of thiophene rings is 1. The molecule has 0 fully saturated rings. The number of ether oxygens (including phenoxy) is 1. The minimum Gasteiger partial charge on any atom is -0.504 e. The van der Waals surface area contributed by atoms with Gasteiger partial charge in [-0.25, -0.2) is 0 Å². The van der Waals surface area contributed by atoms with E-state index in [1.165, 1.54) is 26.4 Å². The Morgan fingerprint density at radius 1 is 1.35 bits per heavy atom. The van der Waals surface area contributed by atoms with E-state index < -0.39 is 0 Å². The van der Waals surface area contributed by atoms with E-state index in [1.807, 2.05) is 23.5 Å². The molecule has 2 aliphatic heterocycles. The van der Waals surface area contributed by atoms with Gasteiger partial charge in [-0.1, -0.05) is 0 Å². The van der Waals surface area contributed by atoms with Crippen LogP contribution in [0.25, 0.3) is 0 Å². The summed E-state index contributed by atoms with van der Waals surface area (Å²) in [6, 6.07) is 6.61. The van der Waals surface area contributed by atoms with Gasteiger partial charge in [0.15, 0.2) is 11.5 Å². The summed E-state index contributed by atoms with van der Waals surface area (Å²) in [6.45, 7) is 2.07. The fraction of sp³-hybridized carbons (Fsp3) is 0.444. The molecule has 5 heteroatoms. The minimum atomic E-state index is 0.243. The summed E-state index contributed by atoms with van der Waals surface area (Å²) in [5, 5.41) is 10.2. The van der Waals surface area contributed by atoms with Gasteiger partial charge in [0.2, 0.25) is 0 Å². The number of halogens is 1. The quantitative estimate of drug-likeness (QED) is 0.853. The SMILES string of the molecule is COc1cc2c(cc1O)[C@@H]1Cc3sc(CCCl)cc3CN1CC2. The maximum absolute atomic E-state index is 10.2. The minimum absolute atomic E-state index is 0.243. The van der Waals surface area contributed by atoms with E-state index in [-0.39, 0.29) is 5.75 Å². The first-order valence-corrected chi connectivity index (χ1v) is 9.35. The molecule has 0 saturated heterocycles. The molecule has 1 N–H and O–H groups in total. The van der Waals surface area contributed by atoms with E-state index in [2.05, 4.69) is 11.0 Å². The molecule has 4 rings (SSSR count). The summed E-state index contributed by atoms with van der Waals surface area (Å²) in [5.74, 6) is 1.50. The summed E-state index contributed by atoms with van der Waals surface area (Å²) in [7, 11) is 1.60. The Balaban J connectivity index is 1.69. The molecule has 3 nitrogen and oxygen atoms in total. The van der Waals surface area contributed by atoms with Crippen LogP contribution in [-0.4, -0.2) is 29.5 Å². The van der Waals surface area contributed by atoms with E-state index in [4.69, 9.17) is 16.3 Å². The number of hydrogen-bond donors (Lipinski definition) is 1. The van der Waals surface area contributed by atoms with Gasteiger partial charge >= 0.3 is 0 Å². The summed E-state index contributed by atoms with van der Waals surface area (Å²) in [6.07, 6.45) is 3.00. The summed E-state index contributed by atoms with van der Waals surface area (Å²) >= 11 is 7.79. The van der Waals surface area contributed by atoms with E-state index in [1.54, 1.807) is 7.11 Å². The summed E-state index contributed by atoms with van der Waals surface area (Å²) in [4.78, 5) is 5.41. The lowest BCUT2D eigenvalue weighted by Crippen LogP contribution is -2.38. The highest BCUT2D eigenvalue weighted by molar-refractivity contribution is 7.12. The lowest BCUT2D eigenvalue weighted by molar-refractivity contribution is 0.162. The fourth-order valence-electron chi connectivity index (χ4n) is 3.81. The molecule has 2 aromatic rings. The first kappa shape index (κ1) is 15.3. The van der Waals surface area contributed by atoms with Crippen LogP contribution in [0.1, 0.15) is 32.5 Å². The third-order valence-corrected chi connectivity index (χ3v) is 6.40. The highest BCUT2D eigenvalue weighted by Crippen LogP contribution is 2.43. The van der Waals surface area contributed by atoms with Crippen LogP contribution in [0.15, 0.2) is 18.2 Å². The highest BCUT2D eigenvalue weighted by atomic mass is 35.5. The number of methoxy groups -OCH3 is 1. The maximum atomic E-state index is 10.2. The molecule has 1 aromatic carbocycles. The standard InChI is InChI=1S/C18H20ClNO2S/c1-22-17-7-11-3-5-20-10-12-6-13(2-4-19)23-18(12)9-15(20)14(11)8-16(17)21/h6-8,15,21H,2-5,9-10H2,1H3/t15-/m0/s1. The van der Waals surface area contributed by atoms with Crippen molar-refractivity contribution >= 4 is 22.9 Å². The van der Waals surface area contributed by atoms with Gasteiger partial charge < -0.3 is 9.84 Å². The molecule has 1 atom stereocenters. The monoisotopic (exact) mass is 349 g/mol. The van der Waals surface area contributed by atoms with Crippen molar-refractivity contribution in [3.8, 4) is 11.5 Å². The molecule has 0 saturated carbocycles. The number of aryl methyl sites for hydroxylation is 1. The lowest BCUT2D eigenvalue weighted by Gasteiger charge is -2.40. The van der Waals surface area contributed by atoms with Gasteiger partial charge in [0.05, 0.1) is 7.11 Å². The molecule has 1 aromatic heterocycles. The van der Waals surface area contributed by atoms with Gasteiger partial charge in [-0.15, -0.1) is 22.9 Å². The van der Waals surface area contributed by atoms with Crippen LogP contribution in [0.3, 0.4) is 0 Å². The lowest BCUT2D eigenvalue weighted by atomic mass is 9.86. The van der Waals surface area contributed by atoms with Crippen LogP contribution < -0.4 is 4.74 Å². The van der Waals surface area contributed by atoms with Crippen molar-refractivity contribution in [2.75, 3.05) is 19.5 Å². The predicted octanol–water partition coefficient (Wildman–Crippen LogP) is 3.90. The van der Waals surface area contributed by atoms with Crippen LogP contribution in [0.5, 0.6) is 11.5 Å². The number of aromatic hydroxyl groups is 1. The van der Waals surface area contributed by atoms with Crippen LogP contribution >= 0.6 is 22.9 Å². The van der Waals surface area contributed by atoms with Gasteiger partial charge in [0.25, 0.3) is 0 Å². The predicted molar refractivity (Wildman–Crippen MR) is 94.0 cm³/mol. The van der Waals surface area contributed by atoms with Crippen molar-refractivity contribution < 1.29 is 9.84 Å². The molecule has 122 valence electrons. The fourth-order valence-corrected chi connectivity index (χ4v) is 5.34. The van der Waals surface area contributed by atoms with Gasteiger partial charge in [-0.05, 0) is 47.7 Å². The third-order valence-electron chi connectivity index (χ3n) is 4.95. The second kappa shape index (κ2) is 6.00. The maximum Gasteiger partial charge on any atom is 0.160 e.